The lowest BCUT2D eigenvalue weighted by Gasteiger charge is -2.32. The van der Waals surface area contributed by atoms with Gasteiger partial charge in [0.25, 0.3) is 11.8 Å². The van der Waals surface area contributed by atoms with Crippen molar-refractivity contribution < 1.29 is 28.2 Å². The Kier molecular flexibility index (Phi) is 6.31. The Morgan fingerprint density at radius 2 is 1.86 bits per heavy atom. The minimum Gasteiger partial charge on any atom is -0.389 e. The highest BCUT2D eigenvalue weighted by Gasteiger charge is 2.59. The number of amides is 2. The molecule has 0 radical (unpaired) electrons. The van der Waals surface area contributed by atoms with Crippen LogP contribution in [-0.4, -0.2) is 92.6 Å². The zero-order chi connectivity index (χ0) is 26.5. The van der Waals surface area contributed by atoms with Gasteiger partial charge < -0.3 is 20.4 Å². The van der Waals surface area contributed by atoms with Gasteiger partial charge in [-0.1, -0.05) is 12.1 Å². The van der Waals surface area contributed by atoms with E-state index in [9.17, 15) is 28.2 Å². The number of benzene rings is 1. The Balaban J connectivity index is 1.29. The van der Waals surface area contributed by atoms with Gasteiger partial charge in [0.1, 0.15) is 10.4 Å². The van der Waals surface area contributed by atoms with E-state index in [2.05, 4.69) is 10.4 Å². The second kappa shape index (κ2) is 9.21. The van der Waals surface area contributed by atoms with E-state index >= 15 is 0 Å². The molecule has 13 heteroatoms. The maximum absolute atomic E-state index is 13.4. The number of aliphatic hydroxyl groups excluding tert-OH is 2. The number of fused-ring (bicyclic) bond motifs is 1. The summed E-state index contributed by atoms with van der Waals surface area (Å²) < 4.78 is 27.9. The molecule has 3 heterocycles. The number of aromatic nitrogens is 2. The van der Waals surface area contributed by atoms with Crippen LogP contribution in [0.4, 0.5) is 0 Å². The van der Waals surface area contributed by atoms with Crippen LogP contribution in [0, 0.1) is 11.3 Å². The predicted molar refractivity (Wildman–Crippen MR) is 130 cm³/mol. The first-order valence-electron chi connectivity index (χ1n) is 12.0. The van der Waals surface area contributed by atoms with Gasteiger partial charge in [-0.05, 0) is 37.0 Å². The largest absolute Gasteiger partial charge is 0.389 e. The molecule has 1 aliphatic carbocycles. The molecule has 3 N–H and O–H groups in total. The van der Waals surface area contributed by atoms with Crippen molar-refractivity contribution in [3.63, 3.8) is 0 Å². The minimum absolute atomic E-state index is 0.00169. The highest BCUT2D eigenvalue weighted by Crippen LogP contribution is 2.47. The van der Waals surface area contributed by atoms with Gasteiger partial charge in [0.05, 0.1) is 23.8 Å². The lowest BCUT2D eigenvalue weighted by atomic mass is 10.0. The molecule has 0 bridgehead atoms. The van der Waals surface area contributed by atoms with Crippen LogP contribution in [0.1, 0.15) is 50.5 Å². The van der Waals surface area contributed by atoms with Crippen LogP contribution in [0.2, 0.25) is 0 Å². The zero-order valence-electron chi connectivity index (χ0n) is 20.3. The van der Waals surface area contributed by atoms with Gasteiger partial charge in [-0.3, -0.25) is 14.3 Å². The number of nitriles is 1. The summed E-state index contributed by atoms with van der Waals surface area (Å²) in [5, 5.41) is 35.6. The monoisotopic (exact) mass is 528 g/mol. The number of nitrogens with one attached hydrogen (secondary N) is 1. The summed E-state index contributed by atoms with van der Waals surface area (Å²) in [5.74, 6) is -0.805. The normalized spacial score (nSPS) is 23.0. The average molecular weight is 529 g/mol. The summed E-state index contributed by atoms with van der Waals surface area (Å²) in [6.07, 6.45) is -1.11. The molecule has 0 unspecified atom stereocenters. The van der Waals surface area contributed by atoms with Gasteiger partial charge in [-0.2, -0.15) is 14.7 Å². The highest BCUT2D eigenvalue weighted by molar-refractivity contribution is 7.90. The third kappa shape index (κ3) is 4.40. The molecule has 0 spiro atoms. The topological polar surface area (TPSA) is 169 Å². The van der Waals surface area contributed by atoms with E-state index in [1.807, 2.05) is 6.07 Å². The maximum atomic E-state index is 13.4. The van der Waals surface area contributed by atoms with Crippen molar-refractivity contribution in [3.05, 3.63) is 52.3 Å². The number of nitrogens with zero attached hydrogens (tertiary/aromatic N) is 5. The highest BCUT2D eigenvalue weighted by atomic mass is 32.2. The third-order valence-electron chi connectivity index (χ3n) is 7.42. The van der Waals surface area contributed by atoms with E-state index in [1.165, 1.54) is 9.58 Å². The molecule has 1 saturated heterocycles. The Morgan fingerprint density at radius 1 is 1.22 bits per heavy atom. The number of aryl methyl sites for hydroxylation is 1. The first-order chi connectivity index (χ1) is 17.6. The summed E-state index contributed by atoms with van der Waals surface area (Å²) in [7, 11) is -2.26. The first-order valence-corrected chi connectivity index (χ1v) is 13.5. The summed E-state index contributed by atoms with van der Waals surface area (Å²) in [4.78, 5) is 27.8. The number of aliphatic hydroxyl groups is 2. The lowest BCUT2D eigenvalue weighted by molar-refractivity contribution is 0.0572. The number of sulfonamides is 1. The quantitative estimate of drug-likeness (QED) is 0.416. The fourth-order valence-electron chi connectivity index (χ4n) is 5.06. The number of rotatable bonds is 7. The molecule has 12 nitrogen and oxygen atoms in total. The second-order valence-corrected chi connectivity index (χ2v) is 12.2. The van der Waals surface area contributed by atoms with E-state index in [0.717, 1.165) is 9.87 Å². The van der Waals surface area contributed by atoms with Gasteiger partial charge in [-0.25, -0.2) is 8.42 Å². The summed E-state index contributed by atoms with van der Waals surface area (Å²) >= 11 is 0. The number of carbonyl (C=O) groups is 2. The third-order valence-corrected chi connectivity index (χ3v) is 10.0. The number of carbonyl (C=O) groups excluding carboxylic acids is 2. The van der Waals surface area contributed by atoms with Crippen molar-refractivity contribution in [3.8, 4) is 6.07 Å². The molecule has 196 valence electrons. The van der Waals surface area contributed by atoms with Crippen LogP contribution in [0.3, 0.4) is 0 Å². The summed E-state index contributed by atoms with van der Waals surface area (Å²) in [5.41, 5.74) is 2.28. The van der Waals surface area contributed by atoms with E-state index in [0.29, 0.717) is 30.4 Å². The van der Waals surface area contributed by atoms with Crippen molar-refractivity contribution in [1.82, 2.24) is 24.3 Å². The van der Waals surface area contributed by atoms with Gasteiger partial charge in [0.15, 0.2) is 5.69 Å². The standard InChI is InChI=1S/C24H28N6O6S/c1-28-21-17(20(27-28)22(33)26-11-16-4-2-15(10-25)3-5-16)6-9-29(23(21)34)14-24(7-8-24)37(35,36)30-12-18(31)19(32)13-30/h2-5,18-19,31-32H,6-9,11-14H2,1H3,(H,26,33)/t18-,19-/m0/s1. The molecule has 2 amide bonds. The van der Waals surface area contributed by atoms with E-state index in [4.69, 9.17) is 5.26 Å². The van der Waals surface area contributed by atoms with E-state index in [-0.39, 0.29) is 50.0 Å². The Hall–Kier alpha value is -3.31. The van der Waals surface area contributed by atoms with Crippen LogP contribution in [0.5, 0.6) is 0 Å². The molecule has 1 saturated carbocycles. The Bertz CT molecular complexity index is 1380. The molecule has 2 aliphatic heterocycles. The fraction of sp³-hybridized carbons (Fsp3) is 0.500. The lowest BCUT2D eigenvalue weighted by Crippen LogP contribution is -2.49. The van der Waals surface area contributed by atoms with Gasteiger partial charge in [-0.15, -0.1) is 0 Å². The van der Waals surface area contributed by atoms with Crippen molar-refractivity contribution in [1.29, 1.82) is 5.26 Å². The number of β-amino-alcohol motifs (C(OH)–C–C–N with tert-alkyl or cyclic N) is 2. The van der Waals surface area contributed by atoms with Crippen LogP contribution in [0.15, 0.2) is 24.3 Å². The molecule has 3 aliphatic rings. The zero-order valence-corrected chi connectivity index (χ0v) is 21.1. The fourth-order valence-corrected chi connectivity index (χ4v) is 7.24. The maximum Gasteiger partial charge on any atom is 0.272 e. The summed E-state index contributed by atoms with van der Waals surface area (Å²) in [6, 6.07) is 8.87. The first kappa shape index (κ1) is 25.3. The smallest absolute Gasteiger partial charge is 0.272 e. The second-order valence-electron chi connectivity index (χ2n) is 9.91. The molecule has 5 rings (SSSR count). The molecule has 1 aromatic carbocycles. The molecule has 2 aromatic rings. The summed E-state index contributed by atoms with van der Waals surface area (Å²) in [6.45, 7) is 0.159. The van der Waals surface area contributed by atoms with Gasteiger partial charge in [0, 0.05) is 45.3 Å². The predicted octanol–water partition coefficient (Wildman–Crippen LogP) is -0.880. The molecule has 1 aromatic heterocycles. The average Bonchev–Trinajstić information content (AvgIpc) is 3.49. The van der Waals surface area contributed by atoms with Crippen LogP contribution in [0.25, 0.3) is 0 Å². The molecular formula is C24H28N6O6S. The minimum atomic E-state index is -3.83. The molecule has 2 fully saturated rings. The van der Waals surface area contributed by atoms with E-state index in [1.54, 1.807) is 31.3 Å². The van der Waals surface area contributed by atoms with Crippen LogP contribution >= 0.6 is 0 Å². The van der Waals surface area contributed by atoms with Crippen LogP contribution in [-0.2, 0) is 30.0 Å². The molecular weight excluding hydrogens is 500 g/mol. The number of hydrogen-bond donors (Lipinski definition) is 3. The van der Waals surface area contributed by atoms with Gasteiger partial charge in [0.2, 0.25) is 10.0 Å². The number of hydrogen-bond acceptors (Lipinski definition) is 8. The van der Waals surface area contributed by atoms with Crippen molar-refractivity contribution in [2.45, 2.75) is 42.8 Å². The van der Waals surface area contributed by atoms with Gasteiger partial charge >= 0.3 is 0 Å². The molecule has 37 heavy (non-hydrogen) atoms. The van der Waals surface area contributed by atoms with Crippen LogP contribution < -0.4 is 5.32 Å². The van der Waals surface area contributed by atoms with Crippen molar-refractivity contribution >= 4 is 21.8 Å². The SMILES string of the molecule is Cn1nc(C(=O)NCc2ccc(C#N)cc2)c2c1C(=O)N(CC1(S(=O)(=O)N3C[C@H](O)[C@@H](O)C3)CC1)CC2. The Labute approximate surface area is 214 Å². The van der Waals surface area contributed by atoms with Crippen molar-refractivity contribution in [2.75, 3.05) is 26.2 Å². The van der Waals surface area contributed by atoms with E-state index < -0.39 is 32.9 Å². The molecule has 2 atom stereocenters. The van der Waals surface area contributed by atoms with Crippen molar-refractivity contribution in [2.24, 2.45) is 7.05 Å². The Morgan fingerprint density at radius 3 is 2.46 bits per heavy atom.